The Morgan fingerprint density at radius 1 is 1.12 bits per heavy atom. The molecule has 4 rings (SSSR count). The molecule has 2 aliphatic heterocycles. The van der Waals surface area contributed by atoms with Crippen LogP contribution in [0.3, 0.4) is 0 Å². The number of ether oxygens (including phenoxy) is 1. The Hall–Kier alpha value is -3.08. The first-order valence-corrected chi connectivity index (χ1v) is 12.3. The molecule has 7 nitrogen and oxygen atoms in total. The molecular weight excluding hydrogens is 473 g/mol. The Kier molecular flexibility index (Phi) is 5.47. The highest BCUT2D eigenvalue weighted by Crippen LogP contribution is 2.46. The number of amides is 2. The lowest BCUT2D eigenvalue weighted by Gasteiger charge is -2.24. The quantitative estimate of drug-likeness (QED) is 0.694. The summed E-state index contributed by atoms with van der Waals surface area (Å²) in [6, 6.07) is 9.73. The van der Waals surface area contributed by atoms with Gasteiger partial charge in [-0.25, -0.2) is 8.42 Å². The molecule has 1 saturated heterocycles. The van der Waals surface area contributed by atoms with Crippen LogP contribution in [0.2, 0.25) is 0 Å². The van der Waals surface area contributed by atoms with Crippen molar-refractivity contribution in [2.45, 2.75) is 44.5 Å². The van der Waals surface area contributed by atoms with E-state index in [4.69, 9.17) is 0 Å². The summed E-state index contributed by atoms with van der Waals surface area (Å²) < 4.78 is 65.6. The average Bonchev–Trinajstić information content (AvgIpc) is 3.09. The zero-order valence-electron chi connectivity index (χ0n) is 18.7. The molecule has 0 bridgehead atoms. The minimum atomic E-state index is -4.87. The van der Waals surface area contributed by atoms with E-state index in [2.05, 4.69) is 10.1 Å². The molecule has 2 heterocycles. The average molecular weight is 497 g/mol. The van der Waals surface area contributed by atoms with Crippen LogP contribution in [0.4, 0.5) is 24.5 Å². The summed E-state index contributed by atoms with van der Waals surface area (Å²) in [4.78, 5) is 27.5. The van der Waals surface area contributed by atoms with Gasteiger partial charge < -0.3 is 10.1 Å². The van der Waals surface area contributed by atoms with Gasteiger partial charge in [-0.15, -0.1) is 13.2 Å². The van der Waals surface area contributed by atoms with E-state index in [1.54, 1.807) is 32.9 Å². The van der Waals surface area contributed by atoms with E-state index >= 15 is 0 Å². The molecule has 182 valence electrons. The highest BCUT2D eigenvalue weighted by molar-refractivity contribution is 7.91. The number of hydrogen-bond donors (Lipinski definition) is 1. The SMILES string of the molecule is CC1(C)C(=O)N(c2cccc(OC(F)(F)F)c2)c2ccc(C(=O)N[C@@]3(C)CCS(=O)(=O)C3)cc21. The van der Waals surface area contributed by atoms with E-state index in [9.17, 15) is 31.2 Å². The number of sulfone groups is 1. The van der Waals surface area contributed by atoms with Crippen molar-refractivity contribution < 1.29 is 35.9 Å². The van der Waals surface area contributed by atoms with Gasteiger partial charge in [0.1, 0.15) is 5.75 Å². The Balaban J connectivity index is 1.66. The van der Waals surface area contributed by atoms with E-state index in [1.807, 2.05) is 0 Å². The summed E-state index contributed by atoms with van der Waals surface area (Å²) in [5.74, 6) is -1.45. The van der Waals surface area contributed by atoms with Crippen LogP contribution in [0.25, 0.3) is 0 Å². The molecule has 2 aromatic carbocycles. The fourth-order valence-electron chi connectivity index (χ4n) is 4.41. The molecule has 0 aromatic heterocycles. The van der Waals surface area contributed by atoms with Gasteiger partial charge in [-0.3, -0.25) is 14.5 Å². The molecule has 1 atom stereocenters. The molecule has 2 aromatic rings. The topological polar surface area (TPSA) is 92.8 Å². The number of nitrogens with zero attached hydrogens (tertiary/aromatic N) is 1. The molecule has 1 N–H and O–H groups in total. The molecular formula is C23H23F3N2O5S. The van der Waals surface area contributed by atoms with Gasteiger partial charge in [0, 0.05) is 11.6 Å². The van der Waals surface area contributed by atoms with Crippen molar-refractivity contribution in [1.29, 1.82) is 0 Å². The Bertz CT molecular complexity index is 1290. The lowest BCUT2D eigenvalue weighted by Crippen LogP contribution is -2.46. The number of hydrogen-bond acceptors (Lipinski definition) is 5. The first-order chi connectivity index (χ1) is 15.6. The Morgan fingerprint density at radius 2 is 1.82 bits per heavy atom. The van der Waals surface area contributed by atoms with Crippen LogP contribution in [0.1, 0.15) is 43.1 Å². The molecule has 2 amide bonds. The zero-order valence-corrected chi connectivity index (χ0v) is 19.5. The van der Waals surface area contributed by atoms with Gasteiger partial charge in [0.2, 0.25) is 5.91 Å². The number of alkyl halides is 3. The maximum Gasteiger partial charge on any atom is 0.573 e. The third kappa shape index (κ3) is 4.48. The lowest BCUT2D eigenvalue weighted by atomic mass is 9.85. The largest absolute Gasteiger partial charge is 0.573 e. The van der Waals surface area contributed by atoms with Gasteiger partial charge in [-0.1, -0.05) is 6.07 Å². The van der Waals surface area contributed by atoms with Crippen LogP contribution in [-0.2, 0) is 20.0 Å². The lowest BCUT2D eigenvalue weighted by molar-refractivity contribution is -0.274. The van der Waals surface area contributed by atoms with Gasteiger partial charge in [0.15, 0.2) is 9.84 Å². The van der Waals surface area contributed by atoms with Gasteiger partial charge in [0.05, 0.1) is 33.8 Å². The standard InChI is InChI=1S/C23H23F3N2O5S/c1-21(2)17-11-14(19(29)27-22(3)9-10-34(31,32)13-22)7-8-18(17)28(20(21)30)15-5-4-6-16(12-15)33-23(24,25)26/h4-8,11-12H,9-10,13H2,1-3H3,(H,27,29)/t22-/m0/s1. The van der Waals surface area contributed by atoms with Gasteiger partial charge >= 0.3 is 6.36 Å². The number of carbonyl (C=O) groups excluding carboxylic acids is 2. The van der Waals surface area contributed by atoms with Crippen molar-refractivity contribution in [1.82, 2.24) is 5.32 Å². The second-order valence-electron chi connectivity index (χ2n) is 9.40. The van der Waals surface area contributed by atoms with Crippen molar-refractivity contribution in [3.8, 4) is 5.75 Å². The molecule has 34 heavy (non-hydrogen) atoms. The monoisotopic (exact) mass is 496 g/mol. The van der Waals surface area contributed by atoms with Gasteiger partial charge in [0.25, 0.3) is 5.91 Å². The molecule has 1 fully saturated rings. The van der Waals surface area contributed by atoms with Gasteiger partial charge in [-0.05, 0) is 63.1 Å². The van der Waals surface area contributed by atoms with E-state index in [-0.39, 0.29) is 28.7 Å². The van der Waals surface area contributed by atoms with Crippen molar-refractivity contribution in [2.75, 3.05) is 16.4 Å². The fraction of sp³-hybridized carbons (Fsp3) is 0.391. The minimum Gasteiger partial charge on any atom is -0.406 e. The van der Waals surface area contributed by atoms with E-state index in [0.717, 1.165) is 12.1 Å². The molecule has 11 heteroatoms. The molecule has 0 spiro atoms. The number of halogens is 3. The van der Waals surface area contributed by atoms with Gasteiger partial charge in [-0.2, -0.15) is 0 Å². The maximum atomic E-state index is 13.3. The number of rotatable bonds is 4. The van der Waals surface area contributed by atoms with Crippen LogP contribution >= 0.6 is 0 Å². The number of fused-ring (bicyclic) bond motifs is 1. The van der Waals surface area contributed by atoms with E-state index in [0.29, 0.717) is 17.7 Å². The van der Waals surface area contributed by atoms with Crippen molar-refractivity contribution in [3.05, 3.63) is 53.6 Å². The highest BCUT2D eigenvalue weighted by Gasteiger charge is 2.45. The fourth-order valence-corrected chi connectivity index (χ4v) is 6.50. The van der Waals surface area contributed by atoms with Crippen LogP contribution in [0.5, 0.6) is 5.75 Å². The van der Waals surface area contributed by atoms with Crippen LogP contribution in [0, 0.1) is 0 Å². The second-order valence-corrected chi connectivity index (χ2v) is 11.6. The van der Waals surface area contributed by atoms with Crippen LogP contribution < -0.4 is 15.0 Å². The zero-order chi connectivity index (χ0) is 25.1. The van der Waals surface area contributed by atoms with Crippen molar-refractivity contribution in [2.24, 2.45) is 0 Å². The molecule has 0 saturated carbocycles. The summed E-state index contributed by atoms with van der Waals surface area (Å²) in [7, 11) is -3.22. The first kappa shape index (κ1) is 24.1. The molecule has 0 unspecified atom stereocenters. The van der Waals surface area contributed by atoms with Crippen LogP contribution in [-0.4, -0.2) is 43.6 Å². The molecule has 0 aliphatic carbocycles. The molecule has 0 radical (unpaired) electrons. The number of nitrogens with one attached hydrogen (secondary N) is 1. The second kappa shape index (κ2) is 7.72. The molecule has 2 aliphatic rings. The highest BCUT2D eigenvalue weighted by atomic mass is 32.2. The summed E-state index contributed by atoms with van der Waals surface area (Å²) in [5.41, 5.74) is -0.541. The first-order valence-electron chi connectivity index (χ1n) is 10.5. The normalized spacial score (nSPS) is 23.0. The third-order valence-electron chi connectivity index (χ3n) is 6.14. The maximum absolute atomic E-state index is 13.3. The predicted molar refractivity (Wildman–Crippen MR) is 119 cm³/mol. The Labute approximate surface area is 194 Å². The smallest absolute Gasteiger partial charge is 0.406 e. The summed E-state index contributed by atoms with van der Waals surface area (Å²) in [6.07, 6.45) is -4.57. The van der Waals surface area contributed by atoms with E-state index < -0.39 is 38.8 Å². The number of anilines is 2. The van der Waals surface area contributed by atoms with E-state index in [1.165, 1.54) is 23.1 Å². The third-order valence-corrected chi connectivity index (χ3v) is 8.04. The summed E-state index contributed by atoms with van der Waals surface area (Å²) in [6.45, 7) is 5.00. The Morgan fingerprint density at radius 3 is 2.44 bits per heavy atom. The van der Waals surface area contributed by atoms with Crippen molar-refractivity contribution in [3.63, 3.8) is 0 Å². The summed E-state index contributed by atoms with van der Waals surface area (Å²) in [5, 5.41) is 2.79. The number of benzene rings is 2. The minimum absolute atomic E-state index is 0.00157. The predicted octanol–water partition coefficient (Wildman–Crippen LogP) is 3.85. The van der Waals surface area contributed by atoms with Crippen LogP contribution in [0.15, 0.2) is 42.5 Å². The summed E-state index contributed by atoms with van der Waals surface area (Å²) >= 11 is 0. The number of carbonyl (C=O) groups is 2. The van der Waals surface area contributed by atoms with Crippen molar-refractivity contribution >= 4 is 33.0 Å².